The molecule has 21 heavy (non-hydrogen) atoms. The third kappa shape index (κ3) is 3.51. The van der Waals surface area contributed by atoms with E-state index in [9.17, 15) is 8.42 Å². The standard InChI is InChI=1S/C14H14BrClN2O2S/c1-8-3-4-10(15)5-13(8)18-21(19,20)14-7-11(16)6-12(17)9(14)2/h3-7,18H,17H2,1-2H3. The van der Waals surface area contributed by atoms with Crippen molar-refractivity contribution in [2.45, 2.75) is 18.7 Å². The van der Waals surface area contributed by atoms with Crippen LogP contribution in [-0.4, -0.2) is 8.42 Å². The number of halogens is 2. The minimum atomic E-state index is -3.76. The van der Waals surface area contributed by atoms with Crippen molar-refractivity contribution in [1.29, 1.82) is 0 Å². The highest BCUT2D eigenvalue weighted by molar-refractivity contribution is 9.10. The summed E-state index contributed by atoms with van der Waals surface area (Å²) in [5, 5.41) is 0.282. The van der Waals surface area contributed by atoms with Crippen molar-refractivity contribution >= 4 is 48.9 Å². The molecule has 0 amide bonds. The van der Waals surface area contributed by atoms with Gasteiger partial charge in [-0.3, -0.25) is 4.72 Å². The molecule has 0 saturated heterocycles. The van der Waals surface area contributed by atoms with Crippen molar-refractivity contribution in [1.82, 2.24) is 0 Å². The van der Waals surface area contributed by atoms with E-state index in [1.54, 1.807) is 13.0 Å². The highest BCUT2D eigenvalue weighted by Gasteiger charge is 2.20. The molecule has 0 atom stereocenters. The number of benzene rings is 2. The van der Waals surface area contributed by atoms with E-state index < -0.39 is 10.0 Å². The van der Waals surface area contributed by atoms with Gasteiger partial charge in [0.15, 0.2) is 0 Å². The van der Waals surface area contributed by atoms with Crippen LogP contribution in [0, 0.1) is 13.8 Å². The Labute approximate surface area is 137 Å². The highest BCUT2D eigenvalue weighted by Crippen LogP contribution is 2.29. The van der Waals surface area contributed by atoms with Gasteiger partial charge in [0.05, 0.1) is 10.6 Å². The fourth-order valence-corrected chi connectivity index (χ4v) is 3.93. The molecule has 0 aromatic heterocycles. The molecular weight excluding hydrogens is 376 g/mol. The van der Waals surface area contributed by atoms with E-state index in [0.717, 1.165) is 10.0 Å². The van der Waals surface area contributed by atoms with Gasteiger partial charge in [-0.1, -0.05) is 33.6 Å². The minimum Gasteiger partial charge on any atom is -0.398 e. The Morgan fingerprint density at radius 2 is 1.86 bits per heavy atom. The first-order valence-corrected chi connectivity index (χ1v) is 8.71. The molecule has 7 heteroatoms. The van der Waals surface area contributed by atoms with Crippen LogP contribution in [0.1, 0.15) is 11.1 Å². The van der Waals surface area contributed by atoms with E-state index in [-0.39, 0.29) is 9.92 Å². The second kappa shape index (κ2) is 5.87. The van der Waals surface area contributed by atoms with Crippen LogP contribution in [0.4, 0.5) is 11.4 Å². The molecular formula is C14H14BrClN2O2S. The monoisotopic (exact) mass is 388 g/mol. The van der Waals surface area contributed by atoms with Gasteiger partial charge < -0.3 is 5.73 Å². The Balaban J connectivity index is 2.51. The van der Waals surface area contributed by atoms with Gasteiger partial charge in [-0.2, -0.15) is 0 Å². The summed E-state index contributed by atoms with van der Waals surface area (Å²) in [5.74, 6) is 0. The van der Waals surface area contributed by atoms with Gasteiger partial charge >= 0.3 is 0 Å². The molecule has 0 aliphatic carbocycles. The number of nitrogens with one attached hydrogen (secondary N) is 1. The molecule has 0 fully saturated rings. The molecule has 0 heterocycles. The molecule has 2 rings (SSSR count). The molecule has 0 aliphatic rings. The fraction of sp³-hybridized carbons (Fsp3) is 0.143. The minimum absolute atomic E-state index is 0.0758. The molecule has 0 spiro atoms. The summed E-state index contributed by atoms with van der Waals surface area (Å²) < 4.78 is 28.5. The van der Waals surface area contributed by atoms with Gasteiger partial charge in [-0.25, -0.2) is 8.42 Å². The van der Waals surface area contributed by atoms with Crippen molar-refractivity contribution < 1.29 is 8.42 Å². The SMILES string of the molecule is Cc1ccc(Br)cc1NS(=O)(=O)c1cc(Cl)cc(N)c1C. The first-order valence-electron chi connectivity index (χ1n) is 6.05. The van der Waals surface area contributed by atoms with Crippen LogP contribution in [0.2, 0.25) is 5.02 Å². The predicted molar refractivity (Wildman–Crippen MR) is 90.3 cm³/mol. The number of nitrogen functional groups attached to an aromatic ring is 1. The van der Waals surface area contributed by atoms with E-state index in [1.807, 2.05) is 19.1 Å². The summed E-state index contributed by atoms with van der Waals surface area (Å²) in [4.78, 5) is 0.0758. The quantitative estimate of drug-likeness (QED) is 0.776. The Hall–Kier alpha value is -1.24. The summed E-state index contributed by atoms with van der Waals surface area (Å²) in [6, 6.07) is 8.29. The zero-order valence-electron chi connectivity index (χ0n) is 11.4. The third-order valence-corrected chi connectivity index (χ3v) is 5.30. The highest BCUT2D eigenvalue weighted by atomic mass is 79.9. The zero-order chi connectivity index (χ0) is 15.8. The van der Waals surface area contributed by atoms with Crippen molar-refractivity contribution in [2.24, 2.45) is 0 Å². The second-order valence-corrected chi connectivity index (χ2v) is 7.69. The van der Waals surface area contributed by atoms with Gasteiger partial charge in [-0.15, -0.1) is 0 Å². The van der Waals surface area contributed by atoms with Crippen LogP contribution in [0.25, 0.3) is 0 Å². The maximum atomic E-state index is 12.5. The molecule has 0 radical (unpaired) electrons. The van der Waals surface area contributed by atoms with E-state index in [0.29, 0.717) is 16.9 Å². The van der Waals surface area contributed by atoms with E-state index in [2.05, 4.69) is 20.7 Å². The van der Waals surface area contributed by atoms with Crippen molar-refractivity contribution in [2.75, 3.05) is 10.5 Å². The van der Waals surface area contributed by atoms with Crippen LogP contribution in [0.3, 0.4) is 0 Å². The lowest BCUT2D eigenvalue weighted by Gasteiger charge is -2.14. The average Bonchev–Trinajstić information content (AvgIpc) is 2.37. The van der Waals surface area contributed by atoms with Crippen molar-refractivity contribution in [3.8, 4) is 0 Å². The van der Waals surface area contributed by atoms with Gasteiger partial charge in [0.25, 0.3) is 10.0 Å². The Morgan fingerprint density at radius 3 is 2.52 bits per heavy atom. The molecule has 0 saturated carbocycles. The molecule has 0 bridgehead atoms. The molecule has 3 N–H and O–H groups in total. The zero-order valence-corrected chi connectivity index (χ0v) is 14.6. The van der Waals surface area contributed by atoms with Crippen LogP contribution in [0.5, 0.6) is 0 Å². The largest absolute Gasteiger partial charge is 0.398 e. The smallest absolute Gasteiger partial charge is 0.262 e. The van der Waals surface area contributed by atoms with Crippen LogP contribution < -0.4 is 10.5 Å². The number of rotatable bonds is 3. The lowest BCUT2D eigenvalue weighted by atomic mass is 10.2. The Bertz CT molecular complexity index is 807. The first-order chi connectivity index (χ1) is 9.70. The predicted octanol–water partition coefficient (Wildman–Crippen LogP) is 4.10. The molecule has 4 nitrogen and oxygen atoms in total. The van der Waals surface area contributed by atoms with Gasteiger partial charge in [-0.05, 0) is 49.2 Å². The molecule has 112 valence electrons. The van der Waals surface area contributed by atoms with Gasteiger partial charge in [0.2, 0.25) is 0 Å². The van der Waals surface area contributed by atoms with Crippen molar-refractivity contribution in [3.05, 3.63) is 51.0 Å². The number of hydrogen-bond donors (Lipinski definition) is 2. The Morgan fingerprint density at radius 1 is 1.19 bits per heavy atom. The molecule has 0 aliphatic heterocycles. The van der Waals surface area contributed by atoms with E-state index in [1.165, 1.54) is 12.1 Å². The first kappa shape index (κ1) is 16.1. The number of nitrogens with two attached hydrogens (primary N) is 1. The van der Waals surface area contributed by atoms with E-state index >= 15 is 0 Å². The number of sulfonamides is 1. The average molecular weight is 390 g/mol. The summed E-state index contributed by atoms with van der Waals surface area (Å²) in [7, 11) is -3.76. The lowest BCUT2D eigenvalue weighted by Crippen LogP contribution is -2.15. The van der Waals surface area contributed by atoms with Crippen molar-refractivity contribution in [3.63, 3.8) is 0 Å². The normalized spacial score (nSPS) is 11.4. The summed E-state index contributed by atoms with van der Waals surface area (Å²) in [6.07, 6.45) is 0. The maximum absolute atomic E-state index is 12.5. The second-order valence-electron chi connectivity index (χ2n) is 4.68. The maximum Gasteiger partial charge on any atom is 0.262 e. The molecule has 2 aromatic rings. The summed E-state index contributed by atoms with van der Waals surface area (Å²) in [5.41, 5.74) is 7.91. The third-order valence-electron chi connectivity index (χ3n) is 3.10. The topological polar surface area (TPSA) is 72.2 Å². The van der Waals surface area contributed by atoms with Crippen LogP contribution in [0.15, 0.2) is 39.7 Å². The number of aryl methyl sites for hydroxylation is 1. The molecule has 0 unspecified atom stereocenters. The van der Waals surface area contributed by atoms with E-state index in [4.69, 9.17) is 17.3 Å². The van der Waals surface area contributed by atoms with Crippen LogP contribution >= 0.6 is 27.5 Å². The Kier molecular flexibility index (Phi) is 4.51. The summed E-state index contributed by atoms with van der Waals surface area (Å²) >= 11 is 9.23. The summed E-state index contributed by atoms with van der Waals surface area (Å²) in [6.45, 7) is 3.47. The van der Waals surface area contributed by atoms with Gasteiger partial charge in [0, 0.05) is 15.2 Å². The number of anilines is 2. The fourth-order valence-electron chi connectivity index (χ4n) is 1.86. The van der Waals surface area contributed by atoms with Crippen LogP contribution in [-0.2, 0) is 10.0 Å². The lowest BCUT2D eigenvalue weighted by molar-refractivity contribution is 0.600. The number of hydrogen-bond acceptors (Lipinski definition) is 3. The molecule has 2 aromatic carbocycles. The van der Waals surface area contributed by atoms with Gasteiger partial charge in [0.1, 0.15) is 0 Å².